The zero-order chi connectivity index (χ0) is 11.5. The number of aromatic carboxylic acids is 1. The number of carboxylic acids is 1. The lowest BCUT2D eigenvalue weighted by atomic mass is 10.1. The Kier molecular flexibility index (Phi) is 2.83. The third-order valence-corrected chi connectivity index (χ3v) is 2.34. The Morgan fingerprint density at radius 1 is 1.38 bits per heavy atom. The molecule has 0 spiro atoms. The van der Waals surface area contributed by atoms with Crippen molar-refractivity contribution in [1.82, 2.24) is 9.97 Å². The third-order valence-electron chi connectivity index (χ3n) is 2.04. The van der Waals surface area contributed by atoms with Crippen LogP contribution in [0.3, 0.4) is 0 Å². The van der Waals surface area contributed by atoms with Crippen LogP contribution in [0.25, 0.3) is 11.3 Å². The van der Waals surface area contributed by atoms with E-state index in [4.69, 9.17) is 16.7 Å². The predicted octanol–water partition coefficient (Wildman–Crippen LogP) is 2.50. The Morgan fingerprint density at radius 3 is 2.81 bits per heavy atom. The first-order valence-corrected chi connectivity index (χ1v) is 4.85. The van der Waals surface area contributed by atoms with Gasteiger partial charge < -0.3 is 5.11 Å². The van der Waals surface area contributed by atoms with Crippen molar-refractivity contribution >= 4 is 17.6 Å². The number of aromatic nitrogens is 2. The highest BCUT2D eigenvalue weighted by Gasteiger charge is 2.11. The van der Waals surface area contributed by atoms with E-state index in [9.17, 15) is 4.79 Å². The lowest BCUT2D eigenvalue weighted by Crippen LogP contribution is -1.99. The fraction of sp³-hybridized carbons (Fsp3) is 0. The summed E-state index contributed by atoms with van der Waals surface area (Å²) in [6.45, 7) is 0. The number of halogens is 1. The number of pyridine rings is 2. The van der Waals surface area contributed by atoms with Crippen LogP contribution in [-0.2, 0) is 0 Å². The second-order valence-electron chi connectivity index (χ2n) is 3.10. The quantitative estimate of drug-likeness (QED) is 0.867. The lowest BCUT2D eigenvalue weighted by molar-refractivity contribution is 0.0697. The van der Waals surface area contributed by atoms with Gasteiger partial charge in [-0.2, -0.15) is 0 Å². The first-order valence-electron chi connectivity index (χ1n) is 4.47. The van der Waals surface area contributed by atoms with Gasteiger partial charge >= 0.3 is 5.97 Å². The largest absolute Gasteiger partial charge is 0.478 e. The molecule has 0 radical (unpaired) electrons. The summed E-state index contributed by atoms with van der Waals surface area (Å²) < 4.78 is 0. The second kappa shape index (κ2) is 4.28. The lowest BCUT2D eigenvalue weighted by Gasteiger charge is -2.02. The molecule has 0 saturated heterocycles. The van der Waals surface area contributed by atoms with Gasteiger partial charge in [-0.15, -0.1) is 0 Å². The van der Waals surface area contributed by atoms with Crippen molar-refractivity contribution in [3.63, 3.8) is 0 Å². The van der Waals surface area contributed by atoms with Crippen LogP contribution in [0.5, 0.6) is 0 Å². The minimum atomic E-state index is -1.07. The molecule has 0 aliphatic carbocycles. The smallest absolute Gasteiger partial charge is 0.337 e. The highest BCUT2D eigenvalue weighted by molar-refractivity contribution is 6.33. The normalized spacial score (nSPS) is 10.1. The third kappa shape index (κ3) is 2.01. The van der Waals surface area contributed by atoms with E-state index in [0.717, 1.165) is 5.56 Å². The van der Waals surface area contributed by atoms with Gasteiger partial charge in [-0.1, -0.05) is 11.6 Å². The topological polar surface area (TPSA) is 63.1 Å². The molecule has 1 N–H and O–H groups in total. The molecule has 0 amide bonds. The summed E-state index contributed by atoms with van der Waals surface area (Å²) in [5, 5.41) is 9.03. The van der Waals surface area contributed by atoms with Crippen molar-refractivity contribution in [3.8, 4) is 11.3 Å². The molecule has 16 heavy (non-hydrogen) atoms. The SMILES string of the molecule is O=C(O)c1cc(-c2cccnc2)ncc1Cl. The summed E-state index contributed by atoms with van der Waals surface area (Å²) in [5.41, 5.74) is 1.33. The predicted molar refractivity (Wildman–Crippen MR) is 59.4 cm³/mol. The summed E-state index contributed by atoms with van der Waals surface area (Å²) in [4.78, 5) is 18.9. The van der Waals surface area contributed by atoms with E-state index in [-0.39, 0.29) is 10.6 Å². The van der Waals surface area contributed by atoms with Crippen molar-refractivity contribution < 1.29 is 9.90 Å². The van der Waals surface area contributed by atoms with Crippen LogP contribution in [0.4, 0.5) is 0 Å². The molecule has 0 aliphatic rings. The van der Waals surface area contributed by atoms with Gasteiger partial charge in [0.2, 0.25) is 0 Å². The molecule has 0 saturated carbocycles. The standard InChI is InChI=1S/C11H7ClN2O2/c12-9-6-14-10(4-8(9)11(15)16)7-2-1-3-13-5-7/h1-6H,(H,15,16). The van der Waals surface area contributed by atoms with Crippen molar-refractivity contribution in [2.24, 2.45) is 0 Å². The summed E-state index contributed by atoms with van der Waals surface area (Å²) in [5.74, 6) is -1.07. The van der Waals surface area contributed by atoms with Crippen LogP contribution in [0, 0.1) is 0 Å². The average molecular weight is 235 g/mol. The maximum absolute atomic E-state index is 10.9. The summed E-state index contributed by atoms with van der Waals surface area (Å²) in [6.07, 6.45) is 4.58. The van der Waals surface area contributed by atoms with E-state index in [1.54, 1.807) is 24.5 Å². The molecule has 2 aromatic heterocycles. The minimum absolute atomic E-state index is 0.0375. The second-order valence-corrected chi connectivity index (χ2v) is 3.50. The van der Waals surface area contributed by atoms with Crippen molar-refractivity contribution in [1.29, 1.82) is 0 Å². The number of hydrogen-bond donors (Lipinski definition) is 1. The molecule has 2 aromatic rings. The van der Waals surface area contributed by atoms with Crippen LogP contribution < -0.4 is 0 Å². The van der Waals surface area contributed by atoms with E-state index >= 15 is 0 Å². The molecule has 4 nitrogen and oxygen atoms in total. The highest BCUT2D eigenvalue weighted by atomic mass is 35.5. The Bertz CT molecular complexity index is 529. The fourth-order valence-corrected chi connectivity index (χ4v) is 1.46. The zero-order valence-corrected chi connectivity index (χ0v) is 8.85. The fourth-order valence-electron chi connectivity index (χ4n) is 1.27. The van der Waals surface area contributed by atoms with Crippen LogP contribution in [0.2, 0.25) is 5.02 Å². The minimum Gasteiger partial charge on any atom is -0.478 e. The van der Waals surface area contributed by atoms with E-state index < -0.39 is 5.97 Å². The first-order chi connectivity index (χ1) is 7.68. The van der Waals surface area contributed by atoms with E-state index in [0.29, 0.717) is 5.69 Å². The van der Waals surface area contributed by atoms with Gasteiger partial charge in [0.15, 0.2) is 0 Å². The van der Waals surface area contributed by atoms with Gasteiger partial charge in [0.1, 0.15) is 0 Å². The van der Waals surface area contributed by atoms with Gasteiger partial charge in [0.25, 0.3) is 0 Å². The van der Waals surface area contributed by atoms with Crippen molar-refractivity contribution in [3.05, 3.63) is 47.4 Å². The monoisotopic (exact) mass is 234 g/mol. The van der Waals surface area contributed by atoms with E-state index in [1.165, 1.54) is 12.3 Å². The van der Waals surface area contributed by atoms with Crippen LogP contribution in [0.1, 0.15) is 10.4 Å². The van der Waals surface area contributed by atoms with E-state index in [2.05, 4.69) is 9.97 Å². The molecule has 0 aromatic carbocycles. The number of carboxylic acid groups (broad SMARTS) is 1. The van der Waals surface area contributed by atoms with Crippen molar-refractivity contribution in [2.45, 2.75) is 0 Å². The maximum atomic E-state index is 10.9. The maximum Gasteiger partial charge on any atom is 0.337 e. The number of rotatable bonds is 2. The zero-order valence-electron chi connectivity index (χ0n) is 8.09. The molecule has 2 heterocycles. The van der Waals surface area contributed by atoms with Crippen LogP contribution in [-0.4, -0.2) is 21.0 Å². The van der Waals surface area contributed by atoms with Crippen LogP contribution >= 0.6 is 11.6 Å². The van der Waals surface area contributed by atoms with Gasteiger partial charge in [-0.3, -0.25) is 9.97 Å². The molecule has 0 atom stereocenters. The van der Waals surface area contributed by atoms with Crippen LogP contribution in [0.15, 0.2) is 36.8 Å². The summed E-state index contributed by atoms with van der Waals surface area (Å²) in [6, 6.07) is 4.99. The molecule has 5 heteroatoms. The average Bonchev–Trinajstić information content (AvgIpc) is 2.30. The Labute approximate surface area is 96.6 Å². The van der Waals surface area contributed by atoms with Gasteiger partial charge in [0, 0.05) is 24.2 Å². The summed E-state index contributed by atoms with van der Waals surface area (Å²) >= 11 is 5.72. The van der Waals surface area contributed by atoms with Gasteiger partial charge in [-0.25, -0.2) is 4.79 Å². The van der Waals surface area contributed by atoms with E-state index in [1.807, 2.05) is 0 Å². The molecular weight excluding hydrogens is 228 g/mol. The molecule has 80 valence electrons. The van der Waals surface area contributed by atoms with Gasteiger partial charge in [0.05, 0.1) is 16.3 Å². The number of hydrogen-bond acceptors (Lipinski definition) is 3. The Hall–Kier alpha value is -1.94. The number of carbonyl (C=O) groups is 1. The van der Waals surface area contributed by atoms with Gasteiger partial charge in [-0.05, 0) is 18.2 Å². The molecule has 2 rings (SSSR count). The molecule has 0 aliphatic heterocycles. The molecule has 0 fully saturated rings. The van der Waals surface area contributed by atoms with Crippen molar-refractivity contribution in [2.75, 3.05) is 0 Å². The Balaban J connectivity index is 2.52. The molecular formula is C11H7ClN2O2. The highest BCUT2D eigenvalue weighted by Crippen LogP contribution is 2.21. The first kappa shape index (κ1) is 10.6. The number of nitrogens with zero attached hydrogens (tertiary/aromatic N) is 2. The summed E-state index contributed by atoms with van der Waals surface area (Å²) in [7, 11) is 0. The molecule has 0 unspecified atom stereocenters. The Morgan fingerprint density at radius 2 is 2.19 bits per heavy atom. The molecule has 0 bridgehead atoms.